The summed E-state index contributed by atoms with van der Waals surface area (Å²) in [5.74, 6) is 0.452. The maximum Gasteiger partial charge on any atom is 0.272 e. The van der Waals surface area contributed by atoms with Crippen LogP contribution in [0.15, 0.2) is 35.3 Å². The Kier molecular flexibility index (Phi) is 3.78. The van der Waals surface area contributed by atoms with Gasteiger partial charge in [-0.15, -0.1) is 0 Å². The van der Waals surface area contributed by atoms with Crippen LogP contribution in [0.25, 0.3) is 16.7 Å². The zero-order valence-corrected chi connectivity index (χ0v) is 12.1. The molecular formula is C15H16N4O3. The zero-order chi connectivity index (χ0) is 15.5. The number of ether oxygens (including phenoxy) is 1. The van der Waals surface area contributed by atoms with Gasteiger partial charge < -0.3 is 15.0 Å². The van der Waals surface area contributed by atoms with Crippen LogP contribution < -0.4 is 15.6 Å². The summed E-state index contributed by atoms with van der Waals surface area (Å²) in [6.07, 6.45) is 2.82. The summed E-state index contributed by atoms with van der Waals surface area (Å²) in [5.41, 5.74) is 1.66. The molecule has 0 aromatic carbocycles. The summed E-state index contributed by atoms with van der Waals surface area (Å²) < 4.78 is 7.30. The first-order valence-electron chi connectivity index (χ1n) is 7.02. The quantitative estimate of drug-likeness (QED) is 0.690. The molecule has 3 aromatic rings. The van der Waals surface area contributed by atoms with Gasteiger partial charge in [-0.1, -0.05) is 0 Å². The number of aromatic nitrogens is 3. The van der Waals surface area contributed by atoms with Crippen LogP contribution in [-0.4, -0.2) is 33.9 Å². The summed E-state index contributed by atoms with van der Waals surface area (Å²) in [7, 11) is 1.61. The molecule has 3 heterocycles. The Hall–Kier alpha value is -2.83. The van der Waals surface area contributed by atoms with Crippen LogP contribution in [0.5, 0.6) is 5.88 Å². The number of fused-ring (bicyclic) bond motifs is 3. The summed E-state index contributed by atoms with van der Waals surface area (Å²) >= 11 is 0. The molecule has 0 bridgehead atoms. The third kappa shape index (κ3) is 2.65. The van der Waals surface area contributed by atoms with E-state index in [9.17, 15) is 9.59 Å². The van der Waals surface area contributed by atoms with Gasteiger partial charge in [0.15, 0.2) is 5.65 Å². The topological polar surface area (TPSA) is 88.5 Å². The second-order valence-electron chi connectivity index (χ2n) is 4.86. The average molecular weight is 300 g/mol. The van der Waals surface area contributed by atoms with Crippen molar-refractivity contribution in [3.8, 4) is 5.88 Å². The second kappa shape index (κ2) is 5.88. The fraction of sp³-hybridized carbons (Fsp3) is 0.267. The van der Waals surface area contributed by atoms with Gasteiger partial charge in [-0.25, -0.2) is 0 Å². The first-order valence-corrected chi connectivity index (χ1v) is 7.02. The summed E-state index contributed by atoms with van der Waals surface area (Å²) in [4.78, 5) is 30.2. The van der Waals surface area contributed by atoms with Crippen molar-refractivity contribution in [3.05, 3.63) is 40.8 Å². The van der Waals surface area contributed by atoms with E-state index in [4.69, 9.17) is 4.74 Å². The molecular weight excluding hydrogens is 284 g/mol. The Morgan fingerprint density at radius 1 is 1.41 bits per heavy atom. The van der Waals surface area contributed by atoms with Gasteiger partial charge in [-0.05, 0) is 24.6 Å². The molecule has 0 spiro atoms. The SMILES string of the molecule is CNC(=O)CCCOc1ccc2[nH]c(=O)c3cccn3c2n1. The minimum Gasteiger partial charge on any atom is -0.478 e. The number of amides is 1. The second-order valence-corrected chi connectivity index (χ2v) is 4.86. The van der Waals surface area contributed by atoms with Gasteiger partial charge >= 0.3 is 0 Å². The molecule has 0 fully saturated rings. The van der Waals surface area contributed by atoms with Gasteiger partial charge in [0.2, 0.25) is 11.8 Å². The summed E-state index contributed by atoms with van der Waals surface area (Å²) in [6.45, 7) is 0.407. The lowest BCUT2D eigenvalue weighted by Gasteiger charge is -2.07. The fourth-order valence-corrected chi connectivity index (χ4v) is 2.26. The molecule has 7 heteroatoms. The molecule has 2 N–H and O–H groups in total. The van der Waals surface area contributed by atoms with Gasteiger partial charge in [0.25, 0.3) is 5.56 Å². The highest BCUT2D eigenvalue weighted by atomic mass is 16.5. The Labute approximate surface area is 125 Å². The van der Waals surface area contributed by atoms with Crippen molar-refractivity contribution in [1.29, 1.82) is 0 Å². The number of nitrogens with zero attached hydrogens (tertiary/aromatic N) is 2. The van der Waals surface area contributed by atoms with Crippen LogP contribution in [0.2, 0.25) is 0 Å². The number of pyridine rings is 1. The van der Waals surface area contributed by atoms with E-state index in [1.54, 1.807) is 41.9 Å². The lowest BCUT2D eigenvalue weighted by atomic mass is 10.3. The molecule has 0 saturated heterocycles. The number of carbonyl (C=O) groups excluding carboxylic acids is 1. The third-order valence-corrected chi connectivity index (χ3v) is 3.38. The van der Waals surface area contributed by atoms with E-state index in [-0.39, 0.29) is 11.5 Å². The predicted octanol–water partition coefficient (Wildman–Crippen LogP) is 1.08. The molecule has 7 nitrogen and oxygen atoms in total. The minimum atomic E-state index is -0.154. The number of nitrogens with one attached hydrogen (secondary N) is 2. The highest BCUT2D eigenvalue weighted by Crippen LogP contribution is 2.15. The van der Waals surface area contributed by atoms with Crippen molar-refractivity contribution in [2.24, 2.45) is 0 Å². The van der Waals surface area contributed by atoms with Crippen LogP contribution in [0.1, 0.15) is 12.8 Å². The number of hydrogen-bond acceptors (Lipinski definition) is 4. The fourth-order valence-electron chi connectivity index (χ4n) is 2.26. The molecule has 0 aliphatic heterocycles. The van der Waals surface area contributed by atoms with Crippen molar-refractivity contribution < 1.29 is 9.53 Å². The summed E-state index contributed by atoms with van der Waals surface area (Å²) in [5, 5.41) is 2.56. The number of rotatable bonds is 5. The largest absolute Gasteiger partial charge is 0.478 e. The number of hydrogen-bond donors (Lipinski definition) is 2. The van der Waals surface area contributed by atoms with Gasteiger partial charge in [0, 0.05) is 25.7 Å². The lowest BCUT2D eigenvalue weighted by molar-refractivity contribution is -0.120. The van der Waals surface area contributed by atoms with Crippen LogP contribution >= 0.6 is 0 Å². The predicted molar refractivity (Wildman–Crippen MR) is 82.1 cm³/mol. The zero-order valence-electron chi connectivity index (χ0n) is 12.1. The van der Waals surface area contributed by atoms with Gasteiger partial charge in [0.05, 0.1) is 12.1 Å². The Bertz CT molecular complexity index is 881. The molecule has 0 atom stereocenters. The first kappa shape index (κ1) is 14.1. The number of carbonyl (C=O) groups is 1. The Balaban J connectivity index is 1.82. The van der Waals surface area contributed by atoms with Crippen molar-refractivity contribution in [3.63, 3.8) is 0 Å². The van der Waals surface area contributed by atoms with E-state index >= 15 is 0 Å². The molecule has 3 aromatic heterocycles. The molecule has 0 unspecified atom stereocenters. The molecule has 3 rings (SSSR count). The van der Waals surface area contributed by atoms with E-state index in [0.29, 0.717) is 42.0 Å². The van der Waals surface area contributed by atoms with E-state index in [2.05, 4.69) is 15.3 Å². The monoisotopic (exact) mass is 300 g/mol. The van der Waals surface area contributed by atoms with Gasteiger partial charge in [-0.2, -0.15) is 4.98 Å². The van der Waals surface area contributed by atoms with Crippen molar-refractivity contribution in [2.45, 2.75) is 12.8 Å². The van der Waals surface area contributed by atoms with Crippen LogP contribution in [0, 0.1) is 0 Å². The van der Waals surface area contributed by atoms with Crippen LogP contribution in [0.4, 0.5) is 0 Å². The van der Waals surface area contributed by atoms with Crippen molar-refractivity contribution in [1.82, 2.24) is 19.7 Å². The average Bonchev–Trinajstić information content (AvgIpc) is 3.02. The maximum absolute atomic E-state index is 11.9. The molecule has 114 valence electrons. The highest BCUT2D eigenvalue weighted by molar-refractivity contribution is 5.75. The number of aromatic amines is 1. The van der Waals surface area contributed by atoms with Crippen molar-refractivity contribution in [2.75, 3.05) is 13.7 Å². The molecule has 22 heavy (non-hydrogen) atoms. The van der Waals surface area contributed by atoms with Crippen LogP contribution in [-0.2, 0) is 4.79 Å². The van der Waals surface area contributed by atoms with Crippen molar-refractivity contribution >= 4 is 22.6 Å². The van der Waals surface area contributed by atoms with Crippen LogP contribution in [0.3, 0.4) is 0 Å². The normalized spacial score (nSPS) is 11.0. The first-order chi connectivity index (χ1) is 10.7. The Morgan fingerprint density at radius 3 is 3.09 bits per heavy atom. The lowest BCUT2D eigenvalue weighted by Crippen LogP contribution is -2.18. The van der Waals surface area contributed by atoms with E-state index in [1.807, 2.05) is 0 Å². The molecule has 1 amide bonds. The van der Waals surface area contributed by atoms with E-state index in [0.717, 1.165) is 0 Å². The third-order valence-electron chi connectivity index (χ3n) is 3.38. The van der Waals surface area contributed by atoms with E-state index in [1.165, 1.54) is 0 Å². The smallest absolute Gasteiger partial charge is 0.272 e. The maximum atomic E-state index is 11.9. The Morgan fingerprint density at radius 2 is 2.27 bits per heavy atom. The van der Waals surface area contributed by atoms with E-state index < -0.39 is 0 Å². The summed E-state index contributed by atoms with van der Waals surface area (Å²) in [6, 6.07) is 6.99. The standard InChI is InChI=1S/C15H16N4O3/c1-16-12(20)5-3-9-22-13-7-6-10-14(18-13)19-8-2-4-11(19)15(21)17-10/h2,4,6-8H,3,5,9H2,1H3,(H,16,20)(H,17,21). The number of H-pyrrole nitrogens is 1. The molecule has 0 aliphatic rings. The van der Waals surface area contributed by atoms with Gasteiger partial charge in [-0.3, -0.25) is 14.0 Å². The molecule has 0 saturated carbocycles. The molecule has 0 aliphatic carbocycles. The van der Waals surface area contributed by atoms with Gasteiger partial charge in [0.1, 0.15) is 5.52 Å². The molecule has 0 radical (unpaired) electrons. The highest BCUT2D eigenvalue weighted by Gasteiger charge is 2.07. The minimum absolute atomic E-state index is 0.0123.